The fourth-order valence-electron chi connectivity index (χ4n) is 2.94. The highest BCUT2D eigenvalue weighted by molar-refractivity contribution is 6.30. The van der Waals surface area contributed by atoms with E-state index >= 15 is 0 Å². The molecule has 0 N–H and O–H groups in total. The maximum Gasteiger partial charge on any atom is 0.253 e. The Kier molecular flexibility index (Phi) is 6.36. The first-order chi connectivity index (χ1) is 12.7. The van der Waals surface area contributed by atoms with Gasteiger partial charge in [-0.05, 0) is 42.5 Å². The van der Waals surface area contributed by atoms with Crippen LogP contribution in [0.15, 0.2) is 48.5 Å². The Hall–Kier alpha value is -2.24. The second kappa shape index (κ2) is 8.92. The van der Waals surface area contributed by atoms with Gasteiger partial charge in [0.1, 0.15) is 18.1 Å². The van der Waals surface area contributed by atoms with E-state index in [1.807, 2.05) is 41.3 Å². The van der Waals surface area contributed by atoms with Crippen LogP contribution in [0.1, 0.15) is 10.4 Å². The molecule has 1 heterocycles. The number of piperazine rings is 1. The molecular weight excluding hydrogens is 352 g/mol. The van der Waals surface area contributed by atoms with E-state index in [4.69, 9.17) is 21.1 Å². The van der Waals surface area contributed by atoms with Gasteiger partial charge in [0.25, 0.3) is 5.91 Å². The van der Waals surface area contributed by atoms with E-state index in [2.05, 4.69) is 4.90 Å². The van der Waals surface area contributed by atoms with E-state index in [1.165, 1.54) is 0 Å². The Morgan fingerprint density at radius 3 is 2.38 bits per heavy atom. The summed E-state index contributed by atoms with van der Waals surface area (Å²) in [7, 11) is 1.65. The molecule has 1 saturated heterocycles. The summed E-state index contributed by atoms with van der Waals surface area (Å²) in [6.07, 6.45) is 0. The molecule has 1 amide bonds. The number of benzene rings is 2. The zero-order chi connectivity index (χ0) is 18.4. The van der Waals surface area contributed by atoms with Gasteiger partial charge in [0.2, 0.25) is 0 Å². The number of ether oxygens (including phenoxy) is 2. The third kappa shape index (κ3) is 4.90. The summed E-state index contributed by atoms with van der Waals surface area (Å²) in [6, 6.07) is 14.7. The number of nitrogens with zero attached hydrogens (tertiary/aromatic N) is 2. The highest BCUT2D eigenvalue weighted by Gasteiger charge is 2.22. The zero-order valence-electron chi connectivity index (χ0n) is 14.9. The molecular formula is C20H23ClN2O3. The van der Waals surface area contributed by atoms with Crippen molar-refractivity contribution in [2.24, 2.45) is 0 Å². The molecule has 0 aromatic heterocycles. The van der Waals surface area contributed by atoms with Crippen LogP contribution in [0, 0.1) is 0 Å². The molecule has 0 bridgehead atoms. The highest BCUT2D eigenvalue weighted by Crippen LogP contribution is 2.17. The van der Waals surface area contributed by atoms with Crippen LogP contribution >= 0.6 is 11.6 Å². The first-order valence-electron chi connectivity index (χ1n) is 8.70. The summed E-state index contributed by atoms with van der Waals surface area (Å²) in [6.45, 7) is 4.58. The molecule has 138 valence electrons. The average Bonchev–Trinajstić information content (AvgIpc) is 2.68. The summed E-state index contributed by atoms with van der Waals surface area (Å²) in [5.74, 6) is 1.69. The summed E-state index contributed by atoms with van der Waals surface area (Å²) >= 11 is 5.98. The number of rotatable bonds is 6. The van der Waals surface area contributed by atoms with E-state index in [9.17, 15) is 4.79 Å². The lowest BCUT2D eigenvalue weighted by Crippen LogP contribution is -2.49. The Balaban J connectivity index is 1.41. The lowest BCUT2D eigenvalue weighted by atomic mass is 10.2. The minimum Gasteiger partial charge on any atom is -0.497 e. The van der Waals surface area contributed by atoms with Crippen LogP contribution in [0.5, 0.6) is 11.5 Å². The van der Waals surface area contributed by atoms with Gasteiger partial charge in [-0.2, -0.15) is 0 Å². The van der Waals surface area contributed by atoms with Gasteiger partial charge in [-0.1, -0.05) is 17.7 Å². The lowest BCUT2D eigenvalue weighted by Gasteiger charge is -2.34. The number of carbonyl (C=O) groups is 1. The van der Waals surface area contributed by atoms with Crippen LogP contribution in [-0.2, 0) is 0 Å². The lowest BCUT2D eigenvalue weighted by molar-refractivity contribution is 0.0620. The monoisotopic (exact) mass is 374 g/mol. The molecule has 0 atom stereocenters. The Morgan fingerprint density at radius 1 is 1.04 bits per heavy atom. The minimum atomic E-state index is 0.0432. The van der Waals surface area contributed by atoms with Crippen LogP contribution in [0.4, 0.5) is 0 Å². The molecule has 0 unspecified atom stereocenters. The van der Waals surface area contributed by atoms with E-state index < -0.39 is 0 Å². The third-order valence-electron chi connectivity index (χ3n) is 4.47. The number of amides is 1. The van der Waals surface area contributed by atoms with Crippen molar-refractivity contribution in [3.05, 3.63) is 59.1 Å². The van der Waals surface area contributed by atoms with Crippen molar-refractivity contribution in [1.29, 1.82) is 0 Å². The van der Waals surface area contributed by atoms with Gasteiger partial charge in [-0.25, -0.2) is 0 Å². The van der Waals surface area contributed by atoms with Gasteiger partial charge < -0.3 is 14.4 Å². The van der Waals surface area contributed by atoms with Crippen LogP contribution in [0.2, 0.25) is 5.02 Å². The van der Waals surface area contributed by atoms with Crippen molar-refractivity contribution in [1.82, 2.24) is 9.80 Å². The van der Waals surface area contributed by atoms with Crippen LogP contribution in [0.3, 0.4) is 0 Å². The van der Waals surface area contributed by atoms with E-state index in [0.29, 0.717) is 30.3 Å². The molecule has 0 saturated carbocycles. The first-order valence-corrected chi connectivity index (χ1v) is 9.07. The number of methoxy groups -OCH3 is 1. The normalized spacial score (nSPS) is 14.9. The molecule has 3 rings (SSSR count). The summed E-state index contributed by atoms with van der Waals surface area (Å²) in [4.78, 5) is 16.7. The molecule has 0 spiro atoms. The average molecular weight is 375 g/mol. The maximum absolute atomic E-state index is 12.5. The number of hydrogen-bond donors (Lipinski definition) is 0. The van der Waals surface area contributed by atoms with Crippen LogP contribution < -0.4 is 9.47 Å². The maximum atomic E-state index is 12.5. The molecule has 1 fully saturated rings. The van der Waals surface area contributed by atoms with Crippen molar-refractivity contribution >= 4 is 17.5 Å². The molecule has 5 nitrogen and oxygen atoms in total. The Bertz CT molecular complexity index is 728. The van der Waals surface area contributed by atoms with Crippen molar-refractivity contribution in [2.75, 3.05) is 46.4 Å². The molecule has 2 aromatic rings. The van der Waals surface area contributed by atoms with Gasteiger partial charge >= 0.3 is 0 Å². The van der Waals surface area contributed by atoms with E-state index in [1.54, 1.807) is 19.2 Å². The van der Waals surface area contributed by atoms with Crippen molar-refractivity contribution in [3.63, 3.8) is 0 Å². The number of hydrogen-bond acceptors (Lipinski definition) is 4. The zero-order valence-corrected chi connectivity index (χ0v) is 15.6. The van der Waals surface area contributed by atoms with Crippen LogP contribution in [0.25, 0.3) is 0 Å². The van der Waals surface area contributed by atoms with Gasteiger partial charge in [-0.3, -0.25) is 9.69 Å². The molecule has 6 heteroatoms. The van der Waals surface area contributed by atoms with E-state index in [-0.39, 0.29) is 5.91 Å². The van der Waals surface area contributed by atoms with Crippen molar-refractivity contribution in [3.8, 4) is 11.5 Å². The molecule has 1 aliphatic heterocycles. The molecule has 2 aromatic carbocycles. The van der Waals surface area contributed by atoms with Crippen LogP contribution in [-0.4, -0.2) is 62.1 Å². The minimum absolute atomic E-state index is 0.0432. The molecule has 0 radical (unpaired) electrons. The topological polar surface area (TPSA) is 42.0 Å². The number of carbonyl (C=O) groups excluding carboxylic acids is 1. The van der Waals surface area contributed by atoms with Gasteiger partial charge in [0.05, 0.1) is 7.11 Å². The van der Waals surface area contributed by atoms with Crippen molar-refractivity contribution < 1.29 is 14.3 Å². The predicted octanol–water partition coefficient (Wildman–Crippen LogP) is 3.19. The SMILES string of the molecule is COc1ccc(OCCN2CCN(C(=O)c3cccc(Cl)c3)CC2)cc1. The predicted molar refractivity (Wildman–Crippen MR) is 102 cm³/mol. The largest absolute Gasteiger partial charge is 0.497 e. The van der Waals surface area contributed by atoms with Gasteiger partial charge in [-0.15, -0.1) is 0 Å². The fourth-order valence-corrected chi connectivity index (χ4v) is 3.13. The second-order valence-electron chi connectivity index (χ2n) is 6.17. The second-order valence-corrected chi connectivity index (χ2v) is 6.60. The summed E-state index contributed by atoms with van der Waals surface area (Å²) in [5.41, 5.74) is 0.647. The number of halogens is 1. The van der Waals surface area contributed by atoms with Crippen molar-refractivity contribution in [2.45, 2.75) is 0 Å². The highest BCUT2D eigenvalue weighted by atomic mass is 35.5. The third-order valence-corrected chi connectivity index (χ3v) is 4.70. The Labute approximate surface area is 159 Å². The van der Waals surface area contributed by atoms with Gasteiger partial charge in [0, 0.05) is 43.3 Å². The van der Waals surface area contributed by atoms with E-state index in [0.717, 1.165) is 31.1 Å². The first kappa shape index (κ1) is 18.5. The summed E-state index contributed by atoms with van der Waals surface area (Å²) in [5, 5.41) is 0.588. The fraction of sp³-hybridized carbons (Fsp3) is 0.350. The smallest absolute Gasteiger partial charge is 0.253 e. The molecule has 26 heavy (non-hydrogen) atoms. The quantitative estimate of drug-likeness (QED) is 0.778. The standard InChI is InChI=1S/C20H23ClN2O3/c1-25-18-5-7-19(8-6-18)26-14-13-22-9-11-23(12-10-22)20(24)16-3-2-4-17(21)15-16/h2-8,15H,9-14H2,1H3. The van der Waals surface area contributed by atoms with Gasteiger partial charge in [0.15, 0.2) is 0 Å². The summed E-state index contributed by atoms with van der Waals surface area (Å²) < 4.78 is 10.9. The molecule has 0 aliphatic carbocycles. The molecule has 1 aliphatic rings. The Morgan fingerprint density at radius 2 is 1.73 bits per heavy atom.